The van der Waals surface area contributed by atoms with Crippen molar-refractivity contribution in [2.24, 2.45) is 5.92 Å². The highest BCUT2D eigenvalue weighted by molar-refractivity contribution is 9.10. The maximum Gasteiger partial charge on any atom is 0.164 e. The summed E-state index contributed by atoms with van der Waals surface area (Å²) >= 11 is 3.39. The Morgan fingerprint density at radius 2 is 2.00 bits per heavy atom. The predicted molar refractivity (Wildman–Crippen MR) is 87.1 cm³/mol. The van der Waals surface area contributed by atoms with Crippen molar-refractivity contribution < 1.29 is 4.79 Å². The second-order valence-corrected chi connectivity index (χ2v) is 7.00. The van der Waals surface area contributed by atoms with Crippen LogP contribution in [0.25, 0.3) is 0 Å². The molecule has 2 unspecified atom stereocenters. The Bertz CT molecular complexity index is 443. The number of hydrogen-bond acceptors (Lipinski definition) is 2. The Hall–Kier alpha value is -0.670. The number of nitrogens with zero attached hydrogens (tertiary/aromatic N) is 1. The summed E-state index contributed by atoms with van der Waals surface area (Å²) in [5.41, 5.74) is 0.818. The fourth-order valence-electron chi connectivity index (χ4n) is 3.04. The van der Waals surface area contributed by atoms with Crippen molar-refractivity contribution in [1.29, 1.82) is 0 Å². The summed E-state index contributed by atoms with van der Waals surface area (Å²) in [4.78, 5) is 14.5. The van der Waals surface area contributed by atoms with Gasteiger partial charge in [-0.3, -0.25) is 4.79 Å². The van der Waals surface area contributed by atoms with Crippen LogP contribution in [0.15, 0.2) is 28.7 Å². The first kappa shape index (κ1) is 15.7. The van der Waals surface area contributed by atoms with Gasteiger partial charge in [-0.25, -0.2) is 0 Å². The quantitative estimate of drug-likeness (QED) is 0.735. The zero-order valence-electron chi connectivity index (χ0n) is 12.4. The van der Waals surface area contributed by atoms with E-state index in [0.29, 0.717) is 12.5 Å². The normalized spacial score (nSPS) is 23.0. The fourth-order valence-corrected chi connectivity index (χ4v) is 3.31. The number of benzene rings is 1. The minimum absolute atomic E-state index is 0.244. The SMILES string of the molecule is CC1CCCC(N(C)CCC(=O)c2ccc(Br)cc2)C1. The van der Waals surface area contributed by atoms with Gasteiger partial charge in [0.1, 0.15) is 0 Å². The van der Waals surface area contributed by atoms with E-state index < -0.39 is 0 Å². The maximum absolute atomic E-state index is 12.2. The van der Waals surface area contributed by atoms with Crippen LogP contribution in [0.1, 0.15) is 49.4 Å². The Morgan fingerprint density at radius 1 is 1.30 bits per heavy atom. The monoisotopic (exact) mass is 337 g/mol. The van der Waals surface area contributed by atoms with Crippen LogP contribution in [0.2, 0.25) is 0 Å². The molecule has 110 valence electrons. The molecular weight excluding hydrogens is 314 g/mol. The first-order valence-corrected chi connectivity index (χ1v) is 8.34. The molecule has 20 heavy (non-hydrogen) atoms. The summed E-state index contributed by atoms with van der Waals surface area (Å²) < 4.78 is 1.02. The Morgan fingerprint density at radius 3 is 2.65 bits per heavy atom. The first-order chi connectivity index (χ1) is 9.56. The molecule has 0 heterocycles. The molecule has 0 radical (unpaired) electrons. The summed E-state index contributed by atoms with van der Waals surface area (Å²) in [7, 11) is 2.16. The van der Waals surface area contributed by atoms with E-state index in [0.717, 1.165) is 22.5 Å². The van der Waals surface area contributed by atoms with Crippen LogP contribution < -0.4 is 0 Å². The van der Waals surface area contributed by atoms with E-state index in [1.165, 1.54) is 25.7 Å². The molecule has 3 heteroatoms. The number of ketones is 1. The Kier molecular flexibility index (Phi) is 5.79. The average Bonchev–Trinajstić information content (AvgIpc) is 2.45. The molecule has 0 saturated heterocycles. The maximum atomic E-state index is 12.2. The molecule has 1 aromatic rings. The van der Waals surface area contributed by atoms with Crippen LogP contribution in [-0.2, 0) is 0 Å². The topological polar surface area (TPSA) is 20.3 Å². The van der Waals surface area contributed by atoms with E-state index in [4.69, 9.17) is 0 Å². The molecule has 0 bridgehead atoms. The molecule has 0 aliphatic heterocycles. The second-order valence-electron chi connectivity index (χ2n) is 6.09. The third kappa shape index (κ3) is 4.42. The number of rotatable bonds is 5. The number of hydrogen-bond donors (Lipinski definition) is 0. The summed E-state index contributed by atoms with van der Waals surface area (Å²) in [6.07, 6.45) is 5.87. The van der Waals surface area contributed by atoms with Crippen molar-refractivity contribution >= 4 is 21.7 Å². The van der Waals surface area contributed by atoms with Gasteiger partial charge in [-0.2, -0.15) is 0 Å². The van der Waals surface area contributed by atoms with Gasteiger partial charge in [0.2, 0.25) is 0 Å². The van der Waals surface area contributed by atoms with E-state index in [9.17, 15) is 4.79 Å². The molecular formula is C17H24BrNO. The molecule has 1 aromatic carbocycles. The predicted octanol–water partition coefficient (Wildman–Crippen LogP) is 4.53. The molecule has 1 fully saturated rings. The van der Waals surface area contributed by atoms with Crippen molar-refractivity contribution in [3.8, 4) is 0 Å². The van der Waals surface area contributed by atoms with Crippen molar-refractivity contribution in [3.63, 3.8) is 0 Å². The summed E-state index contributed by atoms with van der Waals surface area (Å²) in [6, 6.07) is 8.32. The van der Waals surface area contributed by atoms with Crippen molar-refractivity contribution in [3.05, 3.63) is 34.3 Å². The van der Waals surface area contributed by atoms with Gasteiger partial charge >= 0.3 is 0 Å². The van der Waals surface area contributed by atoms with Crippen LogP contribution in [0.5, 0.6) is 0 Å². The summed E-state index contributed by atoms with van der Waals surface area (Å²) in [6.45, 7) is 3.21. The van der Waals surface area contributed by atoms with Gasteiger partial charge in [0.05, 0.1) is 0 Å². The lowest BCUT2D eigenvalue weighted by molar-refractivity contribution is 0.0945. The highest BCUT2D eigenvalue weighted by Crippen LogP contribution is 2.26. The fraction of sp³-hybridized carbons (Fsp3) is 0.588. The smallest absolute Gasteiger partial charge is 0.164 e. The van der Waals surface area contributed by atoms with E-state index in [2.05, 4.69) is 34.8 Å². The van der Waals surface area contributed by atoms with Crippen LogP contribution in [-0.4, -0.2) is 30.3 Å². The van der Waals surface area contributed by atoms with Gasteiger partial charge in [-0.1, -0.05) is 47.8 Å². The van der Waals surface area contributed by atoms with Crippen molar-refractivity contribution in [2.45, 2.75) is 45.1 Å². The molecule has 0 amide bonds. The molecule has 0 aromatic heterocycles. The van der Waals surface area contributed by atoms with E-state index >= 15 is 0 Å². The summed E-state index contributed by atoms with van der Waals surface area (Å²) in [5.74, 6) is 1.08. The van der Waals surface area contributed by atoms with Gasteiger partial charge in [0.15, 0.2) is 5.78 Å². The molecule has 0 spiro atoms. The average molecular weight is 338 g/mol. The standard InChI is InChI=1S/C17H24BrNO/c1-13-4-3-5-16(12-13)19(2)11-10-17(20)14-6-8-15(18)9-7-14/h6-9,13,16H,3-5,10-12H2,1-2H3. The van der Waals surface area contributed by atoms with Crippen molar-refractivity contribution in [1.82, 2.24) is 4.90 Å². The Balaban J connectivity index is 1.82. The molecule has 1 aliphatic rings. The number of Topliss-reactive ketones (excluding diaryl/α,β-unsaturated/α-hetero) is 1. The second kappa shape index (κ2) is 7.37. The largest absolute Gasteiger partial charge is 0.303 e. The molecule has 1 aliphatic carbocycles. The molecule has 2 rings (SSSR count). The van der Waals surface area contributed by atoms with Gasteiger partial charge in [-0.05, 0) is 37.9 Å². The minimum Gasteiger partial charge on any atom is -0.303 e. The zero-order chi connectivity index (χ0) is 14.5. The highest BCUT2D eigenvalue weighted by Gasteiger charge is 2.22. The first-order valence-electron chi connectivity index (χ1n) is 7.55. The van der Waals surface area contributed by atoms with Crippen molar-refractivity contribution in [2.75, 3.05) is 13.6 Å². The molecule has 1 saturated carbocycles. The number of carbonyl (C=O) groups excluding carboxylic acids is 1. The van der Waals surface area contributed by atoms with Crippen LogP contribution in [0.3, 0.4) is 0 Å². The third-order valence-electron chi connectivity index (χ3n) is 4.39. The minimum atomic E-state index is 0.244. The third-order valence-corrected chi connectivity index (χ3v) is 4.92. The van der Waals surface area contributed by atoms with Crippen LogP contribution in [0, 0.1) is 5.92 Å². The number of halogens is 1. The van der Waals surface area contributed by atoms with Gasteiger partial charge in [0, 0.05) is 29.0 Å². The van der Waals surface area contributed by atoms with E-state index in [1.54, 1.807) is 0 Å². The van der Waals surface area contributed by atoms with E-state index in [1.807, 2.05) is 24.3 Å². The Labute approximate surface area is 130 Å². The van der Waals surface area contributed by atoms with Gasteiger partial charge in [0.25, 0.3) is 0 Å². The highest BCUT2D eigenvalue weighted by atomic mass is 79.9. The molecule has 0 N–H and O–H groups in total. The lowest BCUT2D eigenvalue weighted by atomic mass is 9.86. The molecule has 2 atom stereocenters. The lowest BCUT2D eigenvalue weighted by Gasteiger charge is -2.34. The van der Waals surface area contributed by atoms with Gasteiger partial charge < -0.3 is 4.90 Å². The molecule has 2 nitrogen and oxygen atoms in total. The van der Waals surface area contributed by atoms with Crippen LogP contribution in [0.4, 0.5) is 0 Å². The van der Waals surface area contributed by atoms with E-state index in [-0.39, 0.29) is 5.78 Å². The van der Waals surface area contributed by atoms with Gasteiger partial charge in [-0.15, -0.1) is 0 Å². The number of carbonyl (C=O) groups is 1. The van der Waals surface area contributed by atoms with Crippen LogP contribution >= 0.6 is 15.9 Å². The zero-order valence-corrected chi connectivity index (χ0v) is 14.0. The lowest BCUT2D eigenvalue weighted by Crippen LogP contribution is -2.36. The summed E-state index contributed by atoms with van der Waals surface area (Å²) in [5, 5.41) is 0.